The van der Waals surface area contributed by atoms with Gasteiger partial charge in [-0.05, 0) is 38.1 Å². The Balaban J connectivity index is 2.32. The molecule has 0 radical (unpaired) electrons. The Bertz CT molecular complexity index is 478. The van der Waals surface area contributed by atoms with E-state index in [2.05, 4.69) is 9.97 Å². The molecule has 90 valence electrons. The summed E-state index contributed by atoms with van der Waals surface area (Å²) in [6.45, 7) is 1.30. The Morgan fingerprint density at radius 3 is 2.29 bits per heavy atom. The highest BCUT2D eigenvalue weighted by Crippen LogP contribution is 2.21. The predicted octanol–water partition coefficient (Wildman–Crippen LogP) is 1.41. The van der Waals surface area contributed by atoms with Gasteiger partial charge in [0, 0.05) is 12.1 Å². The third kappa shape index (κ3) is 2.78. The molecule has 2 aromatic rings. The number of aromatic nitrogens is 2. The summed E-state index contributed by atoms with van der Waals surface area (Å²) in [6.07, 6.45) is 3.66. The summed E-state index contributed by atoms with van der Waals surface area (Å²) in [6, 6.07) is 7.89. The standard InChI is InChI=1S/C13H18N4/c14-7-5-10(6-8-15)13-9-16-11-3-1-2-4-12(11)17-13/h1-4,9-10H,5-8,14-15H2. The minimum atomic E-state index is 0.321. The Hall–Kier alpha value is -1.52. The van der Waals surface area contributed by atoms with Crippen LogP contribution in [0.15, 0.2) is 30.5 Å². The zero-order valence-corrected chi connectivity index (χ0v) is 9.84. The number of nitrogens with zero attached hydrogens (tertiary/aromatic N) is 2. The minimum Gasteiger partial charge on any atom is -0.330 e. The van der Waals surface area contributed by atoms with Gasteiger partial charge in [0.2, 0.25) is 0 Å². The van der Waals surface area contributed by atoms with Crippen LogP contribution >= 0.6 is 0 Å². The molecule has 2 rings (SSSR count). The molecule has 0 aliphatic heterocycles. The van der Waals surface area contributed by atoms with Gasteiger partial charge in [-0.15, -0.1) is 0 Å². The highest BCUT2D eigenvalue weighted by molar-refractivity contribution is 5.73. The number of fused-ring (bicyclic) bond motifs is 1. The average Bonchev–Trinajstić information content (AvgIpc) is 2.38. The van der Waals surface area contributed by atoms with Gasteiger partial charge in [-0.1, -0.05) is 12.1 Å². The van der Waals surface area contributed by atoms with E-state index in [1.165, 1.54) is 0 Å². The first-order chi connectivity index (χ1) is 8.35. The van der Waals surface area contributed by atoms with Gasteiger partial charge in [0.05, 0.1) is 16.7 Å². The Kier molecular flexibility index (Phi) is 4.01. The van der Waals surface area contributed by atoms with Gasteiger partial charge in [-0.25, -0.2) is 4.98 Å². The molecular formula is C13H18N4. The van der Waals surface area contributed by atoms with Gasteiger partial charge in [-0.2, -0.15) is 0 Å². The van der Waals surface area contributed by atoms with Crippen molar-refractivity contribution < 1.29 is 0 Å². The van der Waals surface area contributed by atoms with E-state index in [-0.39, 0.29) is 0 Å². The van der Waals surface area contributed by atoms with Crippen molar-refractivity contribution in [1.29, 1.82) is 0 Å². The number of hydrogen-bond donors (Lipinski definition) is 2. The molecule has 0 aliphatic carbocycles. The van der Waals surface area contributed by atoms with Crippen LogP contribution < -0.4 is 11.5 Å². The Morgan fingerprint density at radius 2 is 1.65 bits per heavy atom. The summed E-state index contributed by atoms with van der Waals surface area (Å²) in [5.74, 6) is 0.321. The fraction of sp³-hybridized carbons (Fsp3) is 0.385. The van der Waals surface area contributed by atoms with Crippen molar-refractivity contribution in [2.24, 2.45) is 11.5 Å². The van der Waals surface area contributed by atoms with E-state index in [9.17, 15) is 0 Å². The van der Waals surface area contributed by atoms with Crippen LogP contribution in [0.4, 0.5) is 0 Å². The molecule has 0 unspecified atom stereocenters. The molecule has 4 heteroatoms. The van der Waals surface area contributed by atoms with Crippen molar-refractivity contribution in [2.45, 2.75) is 18.8 Å². The van der Waals surface area contributed by atoms with Gasteiger partial charge in [0.15, 0.2) is 0 Å². The Labute approximate surface area is 101 Å². The molecule has 1 heterocycles. The molecule has 0 atom stereocenters. The molecule has 1 aromatic heterocycles. The molecule has 0 fully saturated rings. The second kappa shape index (κ2) is 5.70. The summed E-state index contributed by atoms with van der Waals surface area (Å²) in [5.41, 5.74) is 14.1. The first-order valence-corrected chi connectivity index (χ1v) is 5.97. The molecule has 17 heavy (non-hydrogen) atoms. The van der Waals surface area contributed by atoms with Crippen molar-refractivity contribution in [3.63, 3.8) is 0 Å². The largest absolute Gasteiger partial charge is 0.330 e. The lowest BCUT2D eigenvalue weighted by Crippen LogP contribution is -2.13. The fourth-order valence-electron chi connectivity index (χ4n) is 2.01. The van der Waals surface area contributed by atoms with Crippen molar-refractivity contribution in [1.82, 2.24) is 9.97 Å². The molecule has 0 aliphatic rings. The maximum atomic E-state index is 5.62. The van der Waals surface area contributed by atoms with Crippen molar-refractivity contribution in [3.05, 3.63) is 36.2 Å². The number of rotatable bonds is 5. The Morgan fingerprint density at radius 1 is 1.00 bits per heavy atom. The summed E-state index contributed by atoms with van der Waals surface area (Å²) < 4.78 is 0. The van der Waals surface area contributed by atoms with Crippen LogP contribution in [0.25, 0.3) is 11.0 Å². The maximum Gasteiger partial charge on any atom is 0.0890 e. The zero-order chi connectivity index (χ0) is 12.1. The van der Waals surface area contributed by atoms with E-state index in [1.807, 2.05) is 30.5 Å². The van der Waals surface area contributed by atoms with E-state index in [1.54, 1.807) is 0 Å². The summed E-state index contributed by atoms with van der Waals surface area (Å²) >= 11 is 0. The lowest BCUT2D eigenvalue weighted by atomic mass is 9.98. The van der Waals surface area contributed by atoms with E-state index in [0.29, 0.717) is 19.0 Å². The molecule has 0 spiro atoms. The van der Waals surface area contributed by atoms with E-state index >= 15 is 0 Å². The van der Waals surface area contributed by atoms with Gasteiger partial charge < -0.3 is 11.5 Å². The lowest BCUT2D eigenvalue weighted by Gasteiger charge is -2.14. The van der Waals surface area contributed by atoms with Gasteiger partial charge >= 0.3 is 0 Å². The zero-order valence-electron chi connectivity index (χ0n) is 9.84. The number of nitrogens with two attached hydrogens (primary N) is 2. The van der Waals surface area contributed by atoms with Crippen LogP contribution in [0.5, 0.6) is 0 Å². The first kappa shape index (κ1) is 12.0. The van der Waals surface area contributed by atoms with Gasteiger partial charge in [-0.3, -0.25) is 4.98 Å². The number of hydrogen-bond acceptors (Lipinski definition) is 4. The second-order valence-corrected chi connectivity index (χ2v) is 4.14. The van der Waals surface area contributed by atoms with Gasteiger partial charge in [0.25, 0.3) is 0 Å². The van der Waals surface area contributed by atoms with Crippen LogP contribution in [0, 0.1) is 0 Å². The third-order valence-corrected chi connectivity index (χ3v) is 2.92. The molecule has 1 aromatic carbocycles. The average molecular weight is 230 g/mol. The molecule has 0 amide bonds. The van der Waals surface area contributed by atoms with Crippen LogP contribution in [0.2, 0.25) is 0 Å². The van der Waals surface area contributed by atoms with Crippen LogP contribution in [-0.2, 0) is 0 Å². The highest BCUT2D eigenvalue weighted by Gasteiger charge is 2.12. The topological polar surface area (TPSA) is 77.8 Å². The summed E-state index contributed by atoms with van der Waals surface area (Å²) in [5, 5.41) is 0. The number of benzene rings is 1. The minimum absolute atomic E-state index is 0.321. The van der Waals surface area contributed by atoms with Crippen molar-refractivity contribution >= 4 is 11.0 Å². The van der Waals surface area contributed by atoms with E-state index in [0.717, 1.165) is 29.6 Å². The monoisotopic (exact) mass is 230 g/mol. The molecule has 0 saturated carbocycles. The smallest absolute Gasteiger partial charge is 0.0890 e. The van der Waals surface area contributed by atoms with Crippen LogP contribution in [-0.4, -0.2) is 23.1 Å². The molecule has 0 saturated heterocycles. The normalized spacial score (nSPS) is 11.2. The lowest BCUT2D eigenvalue weighted by molar-refractivity contribution is 0.577. The molecule has 0 bridgehead atoms. The van der Waals surface area contributed by atoms with Crippen molar-refractivity contribution in [2.75, 3.05) is 13.1 Å². The van der Waals surface area contributed by atoms with Gasteiger partial charge in [0.1, 0.15) is 0 Å². The fourth-order valence-corrected chi connectivity index (χ4v) is 2.01. The highest BCUT2D eigenvalue weighted by atomic mass is 14.8. The van der Waals surface area contributed by atoms with E-state index < -0.39 is 0 Å². The van der Waals surface area contributed by atoms with E-state index in [4.69, 9.17) is 11.5 Å². The third-order valence-electron chi connectivity index (χ3n) is 2.92. The molecule has 4 nitrogen and oxygen atoms in total. The summed E-state index contributed by atoms with van der Waals surface area (Å²) in [7, 11) is 0. The SMILES string of the molecule is NCCC(CCN)c1cnc2ccccc2n1. The molecule has 4 N–H and O–H groups in total. The quantitative estimate of drug-likeness (QED) is 0.814. The molecular weight excluding hydrogens is 212 g/mol. The van der Waals surface area contributed by atoms with Crippen LogP contribution in [0.3, 0.4) is 0 Å². The van der Waals surface area contributed by atoms with Crippen molar-refractivity contribution in [3.8, 4) is 0 Å². The maximum absolute atomic E-state index is 5.62. The summed E-state index contributed by atoms with van der Waals surface area (Å²) in [4.78, 5) is 9.06. The number of para-hydroxylation sites is 2. The van der Waals surface area contributed by atoms with Crippen LogP contribution in [0.1, 0.15) is 24.5 Å². The second-order valence-electron chi connectivity index (χ2n) is 4.14. The predicted molar refractivity (Wildman–Crippen MR) is 69.6 cm³/mol. The first-order valence-electron chi connectivity index (χ1n) is 5.97.